The zero-order chi connectivity index (χ0) is 14.8. The molecule has 0 spiro atoms. The molecule has 0 bridgehead atoms. The highest BCUT2D eigenvalue weighted by Gasteiger charge is 2.31. The van der Waals surface area contributed by atoms with Crippen LogP contribution in [0.15, 0.2) is 16.8 Å². The molecule has 1 aromatic heterocycles. The van der Waals surface area contributed by atoms with Crippen molar-refractivity contribution in [3.05, 3.63) is 22.4 Å². The van der Waals surface area contributed by atoms with E-state index in [1.54, 1.807) is 15.6 Å². The molecule has 0 saturated carbocycles. The van der Waals surface area contributed by atoms with Crippen LogP contribution in [0, 0.1) is 0 Å². The molecule has 7 heteroatoms. The van der Waals surface area contributed by atoms with Gasteiger partial charge in [0.05, 0.1) is 12.3 Å². The van der Waals surface area contributed by atoms with Crippen LogP contribution in [0.25, 0.3) is 0 Å². The molecule has 2 atom stereocenters. The maximum atomic E-state index is 11.6. The van der Waals surface area contributed by atoms with E-state index in [1.165, 1.54) is 11.8 Å². The number of thiophene rings is 1. The van der Waals surface area contributed by atoms with Gasteiger partial charge in [0.25, 0.3) is 0 Å². The molecule has 2 rings (SSSR count). The van der Waals surface area contributed by atoms with Gasteiger partial charge in [-0.3, -0.25) is 4.90 Å². The maximum absolute atomic E-state index is 11.6. The van der Waals surface area contributed by atoms with E-state index in [-0.39, 0.29) is 12.1 Å². The third-order valence-electron chi connectivity index (χ3n) is 3.90. The minimum Gasteiger partial charge on any atom is -0.326 e. The maximum Gasteiger partial charge on any atom is 0.211 e. The zero-order valence-electron chi connectivity index (χ0n) is 12.0. The van der Waals surface area contributed by atoms with Crippen LogP contribution in [0.5, 0.6) is 0 Å². The largest absolute Gasteiger partial charge is 0.326 e. The molecule has 0 amide bonds. The molecular weight excluding hydrogens is 294 g/mol. The second kappa shape index (κ2) is 6.53. The number of hydrogen-bond donors (Lipinski definition) is 1. The van der Waals surface area contributed by atoms with Crippen molar-refractivity contribution in [2.45, 2.75) is 25.4 Å². The highest BCUT2D eigenvalue weighted by atomic mass is 32.2. The molecule has 0 aromatic carbocycles. The number of piperazine rings is 1. The van der Waals surface area contributed by atoms with E-state index in [9.17, 15) is 8.42 Å². The Labute approximate surface area is 125 Å². The van der Waals surface area contributed by atoms with Crippen molar-refractivity contribution in [3.8, 4) is 0 Å². The van der Waals surface area contributed by atoms with Gasteiger partial charge in [0.15, 0.2) is 0 Å². The fourth-order valence-corrected chi connectivity index (χ4v) is 4.22. The second-order valence-corrected chi connectivity index (χ2v) is 8.03. The van der Waals surface area contributed by atoms with Crippen LogP contribution in [0.1, 0.15) is 24.9 Å². The quantitative estimate of drug-likeness (QED) is 0.883. The van der Waals surface area contributed by atoms with E-state index in [0.717, 1.165) is 19.5 Å². The summed E-state index contributed by atoms with van der Waals surface area (Å²) in [6, 6.07) is 2.38. The van der Waals surface area contributed by atoms with Crippen molar-refractivity contribution in [2.24, 2.45) is 5.73 Å². The van der Waals surface area contributed by atoms with Gasteiger partial charge >= 0.3 is 0 Å². The summed E-state index contributed by atoms with van der Waals surface area (Å²) < 4.78 is 24.7. The molecule has 0 aliphatic carbocycles. The van der Waals surface area contributed by atoms with Gasteiger partial charge in [-0.05, 0) is 28.8 Å². The molecule has 0 radical (unpaired) electrons. The van der Waals surface area contributed by atoms with Crippen molar-refractivity contribution >= 4 is 21.4 Å². The average Bonchev–Trinajstić information content (AvgIpc) is 2.92. The number of sulfonamides is 1. The van der Waals surface area contributed by atoms with Crippen LogP contribution in [0.2, 0.25) is 0 Å². The molecule has 2 heterocycles. The molecule has 20 heavy (non-hydrogen) atoms. The first-order valence-corrected chi connectivity index (χ1v) is 9.69. The lowest BCUT2D eigenvalue weighted by atomic mass is 9.98. The zero-order valence-corrected chi connectivity index (χ0v) is 13.7. The fourth-order valence-electron chi connectivity index (χ4n) is 2.71. The Kier molecular flexibility index (Phi) is 5.19. The van der Waals surface area contributed by atoms with Gasteiger partial charge in [0, 0.05) is 32.2 Å². The summed E-state index contributed by atoms with van der Waals surface area (Å²) in [4.78, 5) is 2.32. The molecule has 1 aliphatic rings. The van der Waals surface area contributed by atoms with E-state index < -0.39 is 10.0 Å². The summed E-state index contributed by atoms with van der Waals surface area (Å²) in [7, 11) is -3.08. The van der Waals surface area contributed by atoms with Gasteiger partial charge in [-0.15, -0.1) is 0 Å². The normalized spacial score (nSPS) is 21.8. The first-order valence-electron chi connectivity index (χ1n) is 6.90. The van der Waals surface area contributed by atoms with Crippen LogP contribution < -0.4 is 5.73 Å². The molecular formula is C13H23N3O2S2. The van der Waals surface area contributed by atoms with E-state index in [2.05, 4.69) is 28.7 Å². The Morgan fingerprint density at radius 2 is 2.00 bits per heavy atom. The predicted octanol–water partition coefficient (Wildman–Crippen LogP) is 1.10. The molecule has 1 fully saturated rings. The van der Waals surface area contributed by atoms with E-state index in [1.807, 2.05) is 0 Å². The Hall–Kier alpha value is -0.470. The molecule has 1 aromatic rings. The SMILES string of the molecule is CCC(N)C(c1ccsc1)N1CCN(S(C)(=O)=O)CC1. The van der Waals surface area contributed by atoms with E-state index >= 15 is 0 Å². The van der Waals surface area contributed by atoms with Gasteiger partial charge in [-0.2, -0.15) is 15.6 Å². The highest BCUT2D eigenvalue weighted by Crippen LogP contribution is 2.28. The minimum atomic E-state index is -3.08. The van der Waals surface area contributed by atoms with E-state index in [4.69, 9.17) is 5.73 Å². The molecule has 2 unspecified atom stereocenters. The molecule has 1 saturated heterocycles. The first kappa shape index (κ1) is 15.9. The van der Waals surface area contributed by atoms with Crippen molar-refractivity contribution in [1.29, 1.82) is 0 Å². The number of nitrogens with zero attached hydrogens (tertiary/aromatic N) is 2. The number of rotatable bonds is 5. The summed E-state index contributed by atoms with van der Waals surface area (Å²) >= 11 is 1.68. The van der Waals surface area contributed by atoms with Crippen LogP contribution in [0.3, 0.4) is 0 Å². The van der Waals surface area contributed by atoms with Crippen LogP contribution >= 0.6 is 11.3 Å². The summed E-state index contributed by atoms with van der Waals surface area (Å²) in [5.74, 6) is 0. The number of nitrogens with two attached hydrogens (primary N) is 1. The van der Waals surface area contributed by atoms with Crippen LogP contribution in [0.4, 0.5) is 0 Å². The highest BCUT2D eigenvalue weighted by molar-refractivity contribution is 7.88. The third-order valence-corrected chi connectivity index (χ3v) is 5.90. The topological polar surface area (TPSA) is 66.6 Å². The summed E-state index contributed by atoms with van der Waals surface area (Å²) in [5.41, 5.74) is 7.54. The lowest BCUT2D eigenvalue weighted by Gasteiger charge is -2.40. The van der Waals surface area contributed by atoms with Crippen LogP contribution in [-0.2, 0) is 10.0 Å². The van der Waals surface area contributed by atoms with Gasteiger partial charge in [-0.25, -0.2) is 8.42 Å². The lowest BCUT2D eigenvalue weighted by Crippen LogP contribution is -2.52. The summed E-state index contributed by atoms with van der Waals surface area (Å²) in [5, 5.41) is 4.21. The Balaban J connectivity index is 2.09. The predicted molar refractivity (Wildman–Crippen MR) is 83.3 cm³/mol. The van der Waals surface area contributed by atoms with Gasteiger partial charge < -0.3 is 5.73 Å². The summed E-state index contributed by atoms with van der Waals surface area (Å²) in [6.45, 7) is 4.67. The molecule has 5 nitrogen and oxygen atoms in total. The molecule has 114 valence electrons. The van der Waals surface area contributed by atoms with Gasteiger partial charge in [-0.1, -0.05) is 6.92 Å². The molecule has 1 aliphatic heterocycles. The van der Waals surface area contributed by atoms with Crippen LogP contribution in [-0.4, -0.2) is 56.1 Å². The van der Waals surface area contributed by atoms with Crippen molar-refractivity contribution < 1.29 is 8.42 Å². The van der Waals surface area contributed by atoms with Crippen molar-refractivity contribution in [2.75, 3.05) is 32.4 Å². The first-order chi connectivity index (χ1) is 9.43. The lowest BCUT2D eigenvalue weighted by molar-refractivity contribution is 0.119. The average molecular weight is 317 g/mol. The minimum absolute atomic E-state index is 0.0781. The van der Waals surface area contributed by atoms with Gasteiger partial charge in [0.1, 0.15) is 0 Å². The Morgan fingerprint density at radius 1 is 1.35 bits per heavy atom. The summed E-state index contributed by atoms with van der Waals surface area (Å²) in [6.07, 6.45) is 2.18. The smallest absolute Gasteiger partial charge is 0.211 e. The fraction of sp³-hybridized carbons (Fsp3) is 0.692. The van der Waals surface area contributed by atoms with E-state index in [0.29, 0.717) is 13.1 Å². The van der Waals surface area contributed by atoms with Crippen molar-refractivity contribution in [3.63, 3.8) is 0 Å². The Morgan fingerprint density at radius 3 is 2.45 bits per heavy atom. The molecule has 2 N–H and O–H groups in total. The standard InChI is InChI=1S/C13H23N3O2S2/c1-3-12(14)13(11-4-9-19-10-11)15-5-7-16(8-6-15)20(2,17)18/h4,9-10,12-13H,3,5-8,14H2,1-2H3. The van der Waals surface area contributed by atoms with Gasteiger partial charge in [0.2, 0.25) is 10.0 Å². The second-order valence-electron chi connectivity index (χ2n) is 5.27. The monoisotopic (exact) mass is 317 g/mol. The Bertz CT molecular complexity index is 508. The third kappa shape index (κ3) is 3.59. The number of hydrogen-bond acceptors (Lipinski definition) is 5. The van der Waals surface area contributed by atoms with Crippen molar-refractivity contribution in [1.82, 2.24) is 9.21 Å².